The summed E-state index contributed by atoms with van der Waals surface area (Å²) in [4.78, 5) is 6.61. The second-order valence-electron chi connectivity index (χ2n) is 2.86. The Kier molecular flexibility index (Phi) is 3.90. The molecule has 0 N–H and O–H groups in total. The Balaban J connectivity index is 2.80. The van der Waals surface area contributed by atoms with Crippen molar-refractivity contribution < 1.29 is 0 Å². The topological polar surface area (TPSA) is 85.4 Å². The molecule has 0 atom stereocenters. The smallest absolute Gasteiger partial charge is 0.143 e. The van der Waals surface area contributed by atoms with Crippen molar-refractivity contribution in [3.05, 3.63) is 45.6 Å². The van der Waals surface area contributed by atoms with Gasteiger partial charge in [-0.3, -0.25) is 0 Å². The molecule has 0 spiro atoms. The van der Waals surface area contributed by atoms with E-state index in [2.05, 4.69) is 15.0 Å². The molecule has 1 aromatic rings. The molecule has 0 aromatic carbocycles. The molecule has 1 heterocycles. The van der Waals surface area contributed by atoms with E-state index in [1.54, 1.807) is 18.3 Å². The van der Waals surface area contributed by atoms with Gasteiger partial charge in [0.1, 0.15) is 11.8 Å². The highest BCUT2D eigenvalue weighted by molar-refractivity contribution is 5.50. The van der Waals surface area contributed by atoms with Gasteiger partial charge in [-0.05, 0) is 29.6 Å². The molecule has 5 heteroatoms. The summed E-state index contributed by atoms with van der Waals surface area (Å²) in [6.45, 7) is 2.14. The standard InChI is InChI=1S/C10H9N5/c1-8-5-9(3-2-4-14-15-12)7-13-10(8)6-11/h2-3,5,7H,4H2,1H3. The van der Waals surface area contributed by atoms with Gasteiger partial charge < -0.3 is 0 Å². The minimum absolute atomic E-state index is 0.315. The molecule has 0 fully saturated rings. The fourth-order valence-electron chi connectivity index (χ4n) is 1.08. The van der Waals surface area contributed by atoms with Crippen molar-refractivity contribution in [3.63, 3.8) is 0 Å². The lowest BCUT2D eigenvalue weighted by Crippen LogP contribution is -1.88. The Bertz CT molecular complexity index is 463. The summed E-state index contributed by atoms with van der Waals surface area (Å²) < 4.78 is 0. The fourth-order valence-corrected chi connectivity index (χ4v) is 1.08. The number of hydrogen-bond acceptors (Lipinski definition) is 3. The number of pyridine rings is 1. The number of azide groups is 1. The van der Waals surface area contributed by atoms with E-state index in [9.17, 15) is 0 Å². The molecule has 0 saturated carbocycles. The number of rotatable bonds is 3. The average Bonchev–Trinajstić information content (AvgIpc) is 2.25. The summed E-state index contributed by atoms with van der Waals surface area (Å²) in [5.41, 5.74) is 10.2. The lowest BCUT2D eigenvalue weighted by molar-refractivity contribution is 1.19. The van der Waals surface area contributed by atoms with Crippen LogP contribution in [0.25, 0.3) is 16.5 Å². The molecule has 1 aromatic heterocycles. The maximum atomic E-state index is 8.67. The van der Waals surface area contributed by atoms with Crippen LogP contribution in [0.2, 0.25) is 0 Å². The van der Waals surface area contributed by atoms with Gasteiger partial charge in [-0.1, -0.05) is 17.3 Å². The molecule has 74 valence electrons. The molecule has 0 unspecified atom stereocenters. The molecule has 0 aliphatic rings. The minimum atomic E-state index is 0.315. The van der Waals surface area contributed by atoms with Crippen LogP contribution >= 0.6 is 0 Å². The van der Waals surface area contributed by atoms with Crippen LogP contribution in [0, 0.1) is 18.3 Å². The zero-order valence-corrected chi connectivity index (χ0v) is 8.25. The maximum absolute atomic E-state index is 8.67. The zero-order chi connectivity index (χ0) is 11.1. The first kappa shape index (κ1) is 10.8. The van der Waals surface area contributed by atoms with Crippen molar-refractivity contribution in [1.29, 1.82) is 5.26 Å². The Labute approximate surface area is 87.3 Å². The third-order valence-corrected chi connectivity index (χ3v) is 1.77. The van der Waals surface area contributed by atoms with Crippen LogP contribution in [0.4, 0.5) is 0 Å². The van der Waals surface area contributed by atoms with Gasteiger partial charge in [0.25, 0.3) is 0 Å². The Morgan fingerprint density at radius 2 is 2.53 bits per heavy atom. The Morgan fingerprint density at radius 1 is 1.73 bits per heavy atom. The van der Waals surface area contributed by atoms with Crippen LogP contribution in [0.15, 0.2) is 23.5 Å². The van der Waals surface area contributed by atoms with Crippen molar-refractivity contribution in [2.45, 2.75) is 6.92 Å². The molecular weight excluding hydrogens is 190 g/mol. The lowest BCUT2D eigenvalue weighted by Gasteiger charge is -1.97. The van der Waals surface area contributed by atoms with Crippen molar-refractivity contribution in [1.82, 2.24) is 4.98 Å². The minimum Gasteiger partial charge on any atom is -0.245 e. The normalized spacial score (nSPS) is 9.60. The van der Waals surface area contributed by atoms with Gasteiger partial charge in [0.05, 0.1) is 0 Å². The lowest BCUT2D eigenvalue weighted by atomic mass is 10.1. The van der Waals surface area contributed by atoms with Gasteiger partial charge in [-0.2, -0.15) is 5.26 Å². The number of nitriles is 1. The summed E-state index contributed by atoms with van der Waals surface area (Å²) in [5.74, 6) is 0. The Morgan fingerprint density at radius 3 is 3.13 bits per heavy atom. The third kappa shape index (κ3) is 3.14. The summed E-state index contributed by atoms with van der Waals surface area (Å²) in [6.07, 6.45) is 5.15. The second-order valence-corrected chi connectivity index (χ2v) is 2.86. The predicted octanol–water partition coefficient (Wildman–Crippen LogP) is 2.59. The summed E-state index contributed by atoms with van der Waals surface area (Å²) in [6, 6.07) is 3.86. The molecule has 5 nitrogen and oxygen atoms in total. The first-order valence-corrected chi connectivity index (χ1v) is 4.32. The first-order chi connectivity index (χ1) is 7.27. The molecule has 0 aliphatic carbocycles. The second kappa shape index (κ2) is 5.43. The van der Waals surface area contributed by atoms with E-state index in [-0.39, 0.29) is 0 Å². The van der Waals surface area contributed by atoms with Crippen molar-refractivity contribution >= 4 is 6.08 Å². The van der Waals surface area contributed by atoms with E-state index in [1.807, 2.05) is 19.1 Å². The van der Waals surface area contributed by atoms with E-state index in [0.717, 1.165) is 11.1 Å². The van der Waals surface area contributed by atoms with Crippen LogP contribution in [-0.4, -0.2) is 11.5 Å². The molecule has 1 rings (SSSR count). The number of aromatic nitrogens is 1. The monoisotopic (exact) mass is 199 g/mol. The van der Waals surface area contributed by atoms with Gasteiger partial charge in [0.2, 0.25) is 0 Å². The van der Waals surface area contributed by atoms with Crippen LogP contribution < -0.4 is 0 Å². The van der Waals surface area contributed by atoms with Crippen molar-refractivity contribution in [3.8, 4) is 6.07 Å². The van der Waals surface area contributed by atoms with Crippen LogP contribution in [0.5, 0.6) is 0 Å². The van der Waals surface area contributed by atoms with E-state index >= 15 is 0 Å². The zero-order valence-electron chi connectivity index (χ0n) is 8.25. The van der Waals surface area contributed by atoms with E-state index in [1.165, 1.54) is 0 Å². The highest BCUT2D eigenvalue weighted by atomic mass is 15.1. The predicted molar refractivity (Wildman–Crippen MR) is 56.7 cm³/mol. The SMILES string of the molecule is Cc1cc(C=CCN=[N+]=[N-])cnc1C#N. The Hall–Kier alpha value is -2.31. The van der Waals surface area contributed by atoms with E-state index in [4.69, 9.17) is 10.8 Å². The van der Waals surface area contributed by atoms with Crippen LogP contribution in [-0.2, 0) is 0 Å². The van der Waals surface area contributed by atoms with Crippen LogP contribution in [0.1, 0.15) is 16.8 Å². The first-order valence-electron chi connectivity index (χ1n) is 4.32. The summed E-state index contributed by atoms with van der Waals surface area (Å²) >= 11 is 0. The molecule has 0 aliphatic heterocycles. The summed E-state index contributed by atoms with van der Waals surface area (Å²) in [5, 5.41) is 12.0. The van der Waals surface area contributed by atoms with Crippen molar-refractivity contribution in [2.24, 2.45) is 5.11 Å². The number of hydrogen-bond donors (Lipinski definition) is 0. The quantitative estimate of drug-likeness (QED) is 0.425. The number of nitrogens with zero attached hydrogens (tertiary/aromatic N) is 5. The summed E-state index contributed by atoms with van der Waals surface area (Å²) in [7, 11) is 0. The molecular formula is C10H9N5. The molecule has 0 radical (unpaired) electrons. The van der Waals surface area contributed by atoms with Crippen molar-refractivity contribution in [2.75, 3.05) is 6.54 Å². The van der Waals surface area contributed by atoms with Gasteiger partial charge in [0, 0.05) is 17.7 Å². The van der Waals surface area contributed by atoms with Gasteiger partial charge >= 0.3 is 0 Å². The fraction of sp³-hybridized carbons (Fsp3) is 0.200. The van der Waals surface area contributed by atoms with Gasteiger partial charge in [-0.15, -0.1) is 0 Å². The third-order valence-electron chi connectivity index (χ3n) is 1.77. The van der Waals surface area contributed by atoms with E-state index in [0.29, 0.717) is 12.2 Å². The van der Waals surface area contributed by atoms with E-state index < -0.39 is 0 Å². The van der Waals surface area contributed by atoms with Crippen LogP contribution in [0.3, 0.4) is 0 Å². The molecule has 0 bridgehead atoms. The average molecular weight is 199 g/mol. The number of aryl methyl sites for hydroxylation is 1. The molecule has 15 heavy (non-hydrogen) atoms. The maximum Gasteiger partial charge on any atom is 0.143 e. The largest absolute Gasteiger partial charge is 0.245 e. The molecule has 0 amide bonds. The van der Waals surface area contributed by atoms with Gasteiger partial charge in [0.15, 0.2) is 0 Å². The highest BCUT2D eigenvalue weighted by Crippen LogP contribution is 2.07. The van der Waals surface area contributed by atoms with Gasteiger partial charge in [-0.25, -0.2) is 4.98 Å². The highest BCUT2D eigenvalue weighted by Gasteiger charge is 1.97. The molecule has 0 saturated heterocycles.